The van der Waals surface area contributed by atoms with Crippen molar-refractivity contribution in [2.45, 2.75) is 13.8 Å². The van der Waals surface area contributed by atoms with Crippen LogP contribution in [0.15, 0.2) is 99.8 Å². The van der Waals surface area contributed by atoms with Gasteiger partial charge < -0.3 is 14.2 Å². The summed E-state index contributed by atoms with van der Waals surface area (Å²) in [6.07, 6.45) is 0. The van der Waals surface area contributed by atoms with Crippen molar-refractivity contribution in [2.24, 2.45) is 0 Å². The van der Waals surface area contributed by atoms with Crippen LogP contribution in [0.2, 0.25) is 0 Å². The minimum Gasteiger partial charge on any atom is -0.451 e. The van der Waals surface area contributed by atoms with Gasteiger partial charge in [-0.1, -0.05) is 42.5 Å². The normalized spacial score (nSPS) is 11.3. The van der Waals surface area contributed by atoms with Gasteiger partial charge in [0.05, 0.1) is 0 Å². The molecule has 0 fully saturated rings. The molecule has 0 spiro atoms. The second-order valence-electron chi connectivity index (χ2n) is 8.68. The number of aryl methyl sites for hydroxylation is 2. The molecule has 1 amide bonds. The summed E-state index contributed by atoms with van der Waals surface area (Å²) in [5, 5.41) is 5.18. The Morgan fingerprint density at radius 2 is 1.57 bits per heavy atom. The Kier molecular flexibility index (Phi) is 4.96. The van der Waals surface area contributed by atoms with Crippen LogP contribution in [0.5, 0.6) is 0 Å². The van der Waals surface area contributed by atoms with Gasteiger partial charge >= 0.3 is 0 Å². The number of anilines is 1. The Hall–Kier alpha value is -4.64. The molecule has 0 unspecified atom stereocenters. The Balaban J connectivity index is 1.24. The zero-order valence-electron chi connectivity index (χ0n) is 19.3. The third-order valence-corrected chi connectivity index (χ3v) is 6.26. The molecule has 6 rings (SSSR count). The molecule has 0 saturated heterocycles. The summed E-state index contributed by atoms with van der Waals surface area (Å²) >= 11 is 0. The second-order valence-corrected chi connectivity index (χ2v) is 8.68. The highest BCUT2D eigenvalue weighted by Gasteiger charge is 2.15. The number of amides is 1. The van der Waals surface area contributed by atoms with Crippen LogP contribution < -0.4 is 5.32 Å². The first kappa shape index (κ1) is 20.9. The van der Waals surface area contributed by atoms with Crippen LogP contribution in [0.25, 0.3) is 44.7 Å². The average molecular weight is 459 g/mol. The number of nitrogens with zero attached hydrogens (tertiary/aromatic N) is 1. The van der Waals surface area contributed by atoms with E-state index in [1.807, 2.05) is 42.5 Å². The largest absolute Gasteiger partial charge is 0.451 e. The van der Waals surface area contributed by atoms with E-state index in [1.54, 1.807) is 18.2 Å². The van der Waals surface area contributed by atoms with Crippen molar-refractivity contribution >= 4 is 33.5 Å². The van der Waals surface area contributed by atoms with E-state index in [4.69, 9.17) is 8.83 Å². The van der Waals surface area contributed by atoms with Gasteiger partial charge in [-0.2, -0.15) is 0 Å². The molecule has 0 saturated carbocycles. The lowest BCUT2D eigenvalue weighted by atomic mass is 10.1. The van der Waals surface area contributed by atoms with E-state index in [2.05, 4.69) is 54.5 Å². The van der Waals surface area contributed by atoms with Crippen LogP contribution in [0.3, 0.4) is 0 Å². The SMILES string of the molecule is Cc1ccc(-c2ccc(C(=O)Nc3ccc4oc(-c5ccc6ccccc6c5)nc4c3)o2)cc1C. The van der Waals surface area contributed by atoms with E-state index < -0.39 is 0 Å². The molecule has 5 nitrogen and oxygen atoms in total. The smallest absolute Gasteiger partial charge is 0.291 e. The highest BCUT2D eigenvalue weighted by Crippen LogP contribution is 2.29. The quantitative estimate of drug-likeness (QED) is 0.293. The molecule has 0 radical (unpaired) electrons. The Morgan fingerprint density at radius 3 is 2.43 bits per heavy atom. The summed E-state index contributed by atoms with van der Waals surface area (Å²) in [5.41, 5.74) is 6.17. The van der Waals surface area contributed by atoms with E-state index in [0.717, 1.165) is 21.9 Å². The maximum atomic E-state index is 12.8. The van der Waals surface area contributed by atoms with Crippen LogP contribution in [0, 0.1) is 13.8 Å². The number of rotatable bonds is 4. The molecule has 4 aromatic carbocycles. The molecule has 0 bridgehead atoms. The first-order valence-corrected chi connectivity index (χ1v) is 11.4. The maximum Gasteiger partial charge on any atom is 0.291 e. The molecular formula is C30H22N2O3. The van der Waals surface area contributed by atoms with Gasteiger partial charge in [0, 0.05) is 16.8 Å². The first-order valence-electron chi connectivity index (χ1n) is 11.4. The highest BCUT2D eigenvalue weighted by molar-refractivity contribution is 6.03. The van der Waals surface area contributed by atoms with Crippen molar-refractivity contribution in [3.8, 4) is 22.8 Å². The van der Waals surface area contributed by atoms with E-state index in [9.17, 15) is 4.79 Å². The first-order chi connectivity index (χ1) is 17.0. The monoisotopic (exact) mass is 458 g/mol. The summed E-state index contributed by atoms with van der Waals surface area (Å²) in [6.45, 7) is 4.12. The predicted molar refractivity (Wildman–Crippen MR) is 139 cm³/mol. The number of aromatic nitrogens is 1. The fourth-order valence-electron chi connectivity index (χ4n) is 4.15. The number of carbonyl (C=O) groups is 1. The number of benzene rings is 4. The van der Waals surface area contributed by atoms with Crippen molar-refractivity contribution in [3.05, 3.63) is 108 Å². The molecule has 0 aliphatic rings. The molecule has 0 aliphatic carbocycles. The summed E-state index contributed by atoms with van der Waals surface area (Å²) in [6, 6.07) is 29.3. The van der Waals surface area contributed by atoms with Crippen molar-refractivity contribution in [1.82, 2.24) is 4.98 Å². The standard InChI is InChI=1S/C30H22N2O3/c1-18-7-8-22(15-19(18)2)26-13-14-28(34-26)29(33)31-24-11-12-27-25(17-24)32-30(35-27)23-10-9-20-5-3-4-6-21(20)16-23/h3-17H,1-2H3,(H,31,33). The van der Waals surface area contributed by atoms with Crippen LogP contribution in [-0.2, 0) is 0 Å². The Bertz CT molecular complexity index is 1720. The minimum absolute atomic E-state index is 0.246. The van der Waals surface area contributed by atoms with Gasteiger partial charge in [-0.3, -0.25) is 4.79 Å². The number of nitrogens with one attached hydrogen (secondary N) is 1. The van der Waals surface area contributed by atoms with Gasteiger partial charge in [0.15, 0.2) is 11.3 Å². The average Bonchev–Trinajstić information content (AvgIpc) is 3.53. The summed E-state index contributed by atoms with van der Waals surface area (Å²) in [7, 11) is 0. The van der Waals surface area contributed by atoms with Crippen molar-refractivity contribution in [3.63, 3.8) is 0 Å². The van der Waals surface area contributed by atoms with Crippen LogP contribution >= 0.6 is 0 Å². The van der Waals surface area contributed by atoms with Gasteiger partial charge in [-0.05, 0) is 84.3 Å². The number of carbonyl (C=O) groups excluding carboxylic acids is 1. The molecule has 0 aliphatic heterocycles. The molecule has 1 N–H and O–H groups in total. The van der Waals surface area contributed by atoms with E-state index in [1.165, 1.54) is 11.1 Å². The third kappa shape index (κ3) is 3.97. The molecule has 170 valence electrons. The fourth-order valence-corrected chi connectivity index (χ4v) is 4.15. The van der Waals surface area contributed by atoms with Crippen molar-refractivity contribution in [2.75, 3.05) is 5.32 Å². The number of fused-ring (bicyclic) bond motifs is 2. The van der Waals surface area contributed by atoms with Gasteiger partial charge in [0.2, 0.25) is 5.89 Å². The lowest BCUT2D eigenvalue weighted by Crippen LogP contribution is -2.10. The van der Waals surface area contributed by atoms with Crippen LogP contribution in [-0.4, -0.2) is 10.9 Å². The molecule has 2 aromatic heterocycles. The summed E-state index contributed by atoms with van der Waals surface area (Å²) in [5.74, 6) is 1.12. The van der Waals surface area contributed by atoms with Gasteiger partial charge in [0.25, 0.3) is 5.91 Å². The topological polar surface area (TPSA) is 68.3 Å². The van der Waals surface area contributed by atoms with E-state index in [0.29, 0.717) is 28.4 Å². The lowest BCUT2D eigenvalue weighted by molar-refractivity contribution is 0.0997. The number of furan rings is 1. The van der Waals surface area contributed by atoms with Crippen molar-refractivity contribution < 1.29 is 13.6 Å². The minimum atomic E-state index is -0.322. The second kappa shape index (κ2) is 8.29. The Morgan fingerprint density at radius 1 is 0.743 bits per heavy atom. The molecule has 0 atom stereocenters. The molecule has 6 aromatic rings. The number of hydrogen-bond donors (Lipinski definition) is 1. The molecule has 35 heavy (non-hydrogen) atoms. The third-order valence-electron chi connectivity index (χ3n) is 6.26. The Labute approximate surface area is 202 Å². The lowest BCUT2D eigenvalue weighted by Gasteiger charge is -2.04. The molecule has 5 heteroatoms. The highest BCUT2D eigenvalue weighted by atomic mass is 16.4. The molecular weight excluding hydrogens is 436 g/mol. The van der Waals surface area contributed by atoms with Crippen molar-refractivity contribution in [1.29, 1.82) is 0 Å². The predicted octanol–water partition coefficient (Wildman–Crippen LogP) is 7.78. The summed E-state index contributed by atoms with van der Waals surface area (Å²) in [4.78, 5) is 17.5. The van der Waals surface area contributed by atoms with Crippen LogP contribution in [0.1, 0.15) is 21.7 Å². The molecule has 2 heterocycles. The van der Waals surface area contributed by atoms with E-state index in [-0.39, 0.29) is 11.7 Å². The fraction of sp³-hybridized carbons (Fsp3) is 0.0667. The van der Waals surface area contributed by atoms with E-state index >= 15 is 0 Å². The van der Waals surface area contributed by atoms with Crippen LogP contribution in [0.4, 0.5) is 5.69 Å². The zero-order chi connectivity index (χ0) is 23.9. The van der Waals surface area contributed by atoms with Gasteiger partial charge in [-0.15, -0.1) is 0 Å². The van der Waals surface area contributed by atoms with Gasteiger partial charge in [-0.25, -0.2) is 4.98 Å². The number of hydrogen-bond acceptors (Lipinski definition) is 4. The zero-order valence-corrected chi connectivity index (χ0v) is 19.3. The summed E-state index contributed by atoms with van der Waals surface area (Å²) < 4.78 is 11.8. The number of oxazole rings is 1. The van der Waals surface area contributed by atoms with Gasteiger partial charge in [0.1, 0.15) is 11.3 Å². The maximum absolute atomic E-state index is 12.8.